The van der Waals surface area contributed by atoms with Gasteiger partial charge in [-0.3, -0.25) is 9.59 Å². The fourth-order valence-corrected chi connectivity index (χ4v) is 3.62. The summed E-state index contributed by atoms with van der Waals surface area (Å²) in [5.41, 5.74) is 0. The minimum absolute atomic E-state index is 0. The molecule has 0 aromatic heterocycles. The van der Waals surface area contributed by atoms with Crippen LogP contribution in [-0.4, -0.2) is 51.7 Å². The van der Waals surface area contributed by atoms with E-state index in [1.165, 1.54) is 57.8 Å². The van der Waals surface area contributed by atoms with Crippen molar-refractivity contribution in [2.24, 2.45) is 11.8 Å². The van der Waals surface area contributed by atoms with Crippen LogP contribution in [0.2, 0.25) is 0 Å². The molecule has 0 aromatic rings. The molecule has 0 aliphatic rings. The second-order valence-electron chi connectivity index (χ2n) is 7.80. The van der Waals surface area contributed by atoms with Crippen molar-refractivity contribution in [2.45, 2.75) is 117 Å². The number of aliphatic carboxylic acids is 2. The van der Waals surface area contributed by atoms with E-state index >= 15 is 0 Å². The molecule has 0 spiro atoms. The molecule has 0 aliphatic carbocycles. The fourth-order valence-electron chi connectivity index (χ4n) is 3.62. The average Bonchev–Trinajstić information content (AvgIpc) is 2.60. The summed E-state index contributed by atoms with van der Waals surface area (Å²) in [5.74, 6) is -3.40. The number of rotatable bonds is 19. The van der Waals surface area contributed by atoms with Gasteiger partial charge < -0.3 is 10.2 Å². The second kappa shape index (κ2) is 20.7. The molecule has 4 nitrogen and oxygen atoms in total. The zero-order valence-corrected chi connectivity index (χ0v) is 17.2. The third-order valence-corrected chi connectivity index (χ3v) is 5.35. The molecular weight excluding hydrogens is 351 g/mol. The molecule has 1 atom stereocenters. The molecule has 0 rings (SSSR count). The molecule has 5 heteroatoms. The van der Waals surface area contributed by atoms with Crippen molar-refractivity contribution in [1.29, 1.82) is 0 Å². The molecule has 0 amide bonds. The molecule has 0 bridgehead atoms. The molecule has 0 aromatic carbocycles. The van der Waals surface area contributed by atoms with Gasteiger partial charge in [0.2, 0.25) is 0 Å². The Morgan fingerprint density at radius 2 is 0.963 bits per heavy atom. The fraction of sp³-hybridized carbons (Fsp3) is 0.909. The Morgan fingerprint density at radius 3 is 1.37 bits per heavy atom. The van der Waals surface area contributed by atoms with Gasteiger partial charge in [-0.15, -0.1) is 0 Å². The normalized spacial score (nSPS) is 12.0. The zero-order valence-electron chi connectivity index (χ0n) is 17.2. The van der Waals surface area contributed by atoms with Gasteiger partial charge in [-0.25, -0.2) is 0 Å². The molecule has 27 heavy (non-hydrogen) atoms. The summed E-state index contributed by atoms with van der Waals surface area (Å²) in [6, 6.07) is 0. The molecule has 0 saturated heterocycles. The summed E-state index contributed by atoms with van der Waals surface area (Å²) in [6.07, 6.45) is 18.4. The molecular formula is C22H43NaO4. The van der Waals surface area contributed by atoms with Gasteiger partial charge in [-0.05, 0) is 12.3 Å². The van der Waals surface area contributed by atoms with E-state index in [2.05, 4.69) is 13.8 Å². The summed E-state index contributed by atoms with van der Waals surface area (Å²) in [5, 5.41) is 18.3. The Hall–Kier alpha value is -0.0600. The monoisotopic (exact) mass is 394 g/mol. The third kappa shape index (κ3) is 17.8. The van der Waals surface area contributed by atoms with Crippen molar-refractivity contribution in [1.82, 2.24) is 0 Å². The summed E-state index contributed by atoms with van der Waals surface area (Å²) >= 11 is 0. The molecule has 2 N–H and O–H groups in total. The maximum atomic E-state index is 11.2. The van der Waals surface area contributed by atoms with Gasteiger partial charge in [-0.1, -0.05) is 110 Å². The quantitative estimate of drug-likeness (QED) is 0.160. The predicted molar refractivity (Wildman–Crippen MR) is 115 cm³/mol. The van der Waals surface area contributed by atoms with E-state index in [1.54, 1.807) is 0 Å². The summed E-state index contributed by atoms with van der Waals surface area (Å²) in [6.45, 7) is 4.39. The van der Waals surface area contributed by atoms with Crippen LogP contribution in [0.1, 0.15) is 117 Å². The van der Waals surface area contributed by atoms with Crippen LogP contribution in [0.25, 0.3) is 0 Å². The van der Waals surface area contributed by atoms with Crippen molar-refractivity contribution in [3.05, 3.63) is 0 Å². The number of carboxylic acids is 2. The number of carbonyl (C=O) groups is 2. The van der Waals surface area contributed by atoms with Crippen LogP contribution in [0.3, 0.4) is 0 Å². The topological polar surface area (TPSA) is 74.6 Å². The molecule has 0 saturated carbocycles. The Kier molecular flexibility index (Phi) is 22.3. The first-order chi connectivity index (χ1) is 12.5. The van der Waals surface area contributed by atoms with Crippen LogP contribution < -0.4 is 0 Å². The van der Waals surface area contributed by atoms with E-state index in [0.29, 0.717) is 0 Å². The molecule has 1 unspecified atom stereocenters. The summed E-state index contributed by atoms with van der Waals surface area (Å²) in [7, 11) is 0. The Morgan fingerprint density at radius 1 is 0.630 bits per heavy atom. The predicted octanol–water partition coefficient (Wildman–Crippen LogP) is 6.02. The van der Waals surface area contributed by atoms with Crippen molar-refractivity contribution >= 4 is 41.5 Å². The standard InChI is InChI=1S/C22H42O4.Na.H/c1-3-5-7-8-9-10-11-12-13-15-17-19(16-14-6-4-2)18-20(21(23)24)22(25)26;;/h19-20H,3-18H2,1-2H3,(H,23,24)(H,25,26);;. The van der Waals surface area contributed by atoms with E-state index in [0.717, 1.165) is 38.5 Å². The maximum absolute atomic E-state index is 11.2. The van der Waals surface area contributed by atoms with Crippen molar-refractivity contribution in [2.75, 3.05) is 0 Å². The first kappa shape index (κ1) is 29.1. The van der Waals surface area contributed by atoms with Crippen molar-refractivity contribution < 1.29 is 19.8 Å². The molecule has 0 heterocycles. The molecule has 0 radical (unpaired) electrons. The van der Waals surface area contributed by atoms with Crippen molar-refractivity contribution in [3.63, 3.8) is 0 Å². The van der Waals surface area contributed by atoms with Crippen molar-refractivity contribution in [3.8, 4) is 0 Å². The van der Waals surface area contributed by atoms with Gasteiger partial charge in [0.1, 0.15) is 0 Å². The third-order valence-electron chi connectivity index (χ3n) is 5.35. The SMILES string of the molecule is CCCCCCCCCCCCC(CCCCC)CC(C(=O)O)C(=O)O.[NaH]. The number of carboxylic acid groups (broad SMARTS) is 2. The van der Waals surface area contributed by atoms with Crippen LogP contribution in [0, 0.1) is 11.8 Å². The average molecular weight is 395 g/mol. The van der Waals surface area contributed by atoms with Crippen LogP contribution in [0.15, 0.2) is 0 Å². The molecule has 0 aliphatic heterocycles. The van der Waals surface area contributed by atoms with Crippen LogP contribution in [-0.2, 0) is 9.59 Å². The van der Waals surface area contributed by atoms with E-state index < -0.39 is 17.9 Å². The van der Waals surface area contributed by atoms with Crippen LogP contribution >= 0.6 is 0 Å². The van der Waals surface area contributed by atoms with Gasteiger partial charge in [0, 0.05) is 0 Å². The summed E-state index contributed by atoms with van der Waals surface area (Å²) in [4.78, 5) is 22.3. The van der Waals surface area contributed by atoms with Crippen LogP contribution in [0.5, 0.6) is 0 Å². The summed E-state index contributed by atoms with van der Waals surface area (Å²) < 4.78 is 0. The zero-order chi connectivity index (χ0) is 19.6. The first-order valence-electron chi connectivity index (χ1n) is 11.0. The van der Waals surface area contributed by atoms with Gasteiger partial charge in [0.15, 0.2) is 5.92 Å². The van der Waals surface area contributed by atoms with Gasteiger partial charge in [0.05, 0.1) is 0 Å². The Bertz CT molecular complexity index is 346. The van der Waals surface area contributed by atoms with E-state index in [1.807, 2.05) is 0 Å². The minimum atomic E-state index is -1.25. The second-order valence-corrected chi connectivity index (χ2v) is 7.80. The van der Waals surface area contributed by atoms with E-state index in [4.69, 9.17) is 10.2 Å². The first-order valence-corrected chi connectivity index (χ1v) is 11.0. The van der Waals surface area contributed by atoms with E-state index in [9.17, 15) is 9.59 Å². The molecule has 156 valence electrons. The number of hydrogen-bond acceptors (Lipinski definition) is 2. The van der Waals surface area contributed by atoms with E-state index in [-0.39, 0.29) is 41.9 Å². The number of hydrogen-bond donors (Lipinski definition) is 2. The van der Waals surface area contributed by atoms with Gasteiger partial charge >= 0.3 is 41.5 Å². The van der Waals surface area contributed by atoms with Crippen LogP contribution in [0.4, 0.5) is 0 Å². The Labute approximate surface area is 189 Å². The Balaban J connectivity index is 0. The molecule has 0 fully saturated rings. The number of unbranched alkanes of at least 4 members (excludes halogenated alkanes) is 11. The van der Waals surface area contributed by atoms with Gasteiger partial charge in [0.25, 0.3) is 0 Å². The van der Waals surface area contributed by atoms with Gasteiger partial charge in [-0.2, -0.15) is 0 Å².